The van der Waals surface area contributed by atoms with Crippen molar-refractivity contribution in [1.82, 2.24) is 5.43 Å². The summed E-state index contributed by atoms with van der Waals surface area (Å²) in [5.41, 5.74) is 7.44. The molecule has 2 amide bonds. The van der Waals surface area contributed by atoms with Crippen molar-refractivity contribution in [3.8, 4) is 11.3 Å². The lowest BCUT2D eigenvalue weighted by Crippen LogP contribution is -2.35. The highest BCUT2D eigenvalue weighted by atomic mass is 16.5. The van der Waals surface area contributed by atoms with Gasteiger partial charge in [0, 0.05) is 11.1 Å². The Morgan fingerprint density at radius 2 is 1.81 bits per heavy atom. The number of hydrazine groups is 1. The third-order valence-corrected chi connectivity index (χ3v) is 5.52. The molecule has 1 saturated heterocycles. The number of benzene rings is 2. The number of ether oxygens (including phenoxy) is 1. The lowest BCUT2D eigenvalue weighted by molar-refractivity contribution is -0.117. The van der Waals surface area contributed by atoms with Crippen molar-refractivity contribution >= 4 is 29.5 Å². The molecule has 2 aliphatic heterocycles. The van der Waals surface area contributed by atoms with E-state index in [1.54, 1.807) is 30.3 Å². The first kappa shape index (κ1) is 18.9. The number of carbonyl (C=O) groups excluding carboxylic acids is 3. The van der Waals surface area contributed by atoms with Gasteiger partial charge >= 0.3 is 5.97 Å². The number of cyclic esters (lactones) is 1. The minimum Gasteiger partial charge on any atom is -0.457 e. The van der Waals surface area contributed by atoms with E-state index in [9.17, 15) is 14.4 Å². The average molecular weight is 414 g/mol. The molecule has 0 spiro atoms. The fraction of sp³-hybridized carbons (Fsp3) is 0.125. The van der Waals surface area contributed by atoms with Gasteiger partial charge in [-0.1, -0.05) is 12.1 Å². The first-order chi connectivity index (χ1) is 14.9. The molecule has 2 aromatic carbocycles. The van der Waals surface area contributed by atoms with E-state index in [1.165, 1.54) is 11.1 Å². The standard InChI is InChI=1S/C24H18N2O5/c1-13-3-5-17(9-14(13)2)26-23(28)20(22(27)25-26)11-18-6-8-21(31-18)15-4-7-19-16(10-15)12-30-24(19)29/h3-11H,12H2,1-2H3,(H,25,27). The summed E-state index contributed by atoms with van der Waals surface area (Å²) in [5, 5.41) is 1.24. The highest BCUT2D eigenvalue weighted by Crippen LogP contribution is 2.30. The summed E-state index contributed by atoms with van der Waals surface area (Å²) in [5.74, 6) is -0.326. The number of esters is 1. The monoisotopic (exact) mass is 414 g/mol. The van der Waals surface area contributed by atoms with Crippen molar-refractivity contribution in [2.75, 3.05) is 5.01 Å². The quantitative estimate of drug-likeness (QED) is 0.401. The minimum absolute atomic E-state index is 0.00734. The fourth-order valence-corrected chi connectivity index (χ4v) is 3.62. The molecule has 0 unspecified atom stereocenters. The smallest absolute Gasteiger partial charge is 0.338 e. The van der Waals surface area contributed by atoms with Crippen LogP contribution in [-0.2, 0) is 20.9 Å². The van der Waals surface area contributed by atoms with E-state index in [2.05, 4.69) is 5.43 Å². The molecule has 0 radical (unpaired) electrons. The number of nitrogens with one attached hydrogen (secondary N) is 1. The number of rotatable bonds is 3. The van der Waals surface area contributed by atoms with Crippen LogP contribution < -0.4 is 10.4 Å². The first-order valence-corrected chi connectivity index (χ1v) is 9.75. The number of nitrogens with zero attached hydrogens (tertiary/aromatic N) is 1. The molecule has 3 aromatic rings. The fourth-order valence-electron chi connectivity index (χ4n) is 3.62. The lowest BCUT2D eigenvalue weighted by Gasteiger charge is -2.15. The van der Waals surface area contributed by atoms with Crippen LogP contribution in [0.4, 0.5) is 5.69 Å². The highest BCUT2D eigenvalue weighted by Gasteiger charge is 2.35. The Bertz CT molecular complexity index is 1300. The second-order valence-electron chi connectivity index (χ2n) is 7.56. The summed E-state index contributed by atoms with van der Waals surface area (Å²) >= 11 is 0. The summed E-state index contributed by atoms with van der Waals surface area (Å²) in [6.45, 7) is 4.17. The number of hydrogen-bond donors (Lipinski definition) is 1. The van der Waals surface area contributed by atoms with Gasteiger partial charge in [-0.2, -0.15) is 0 Å². The molecule has 7 nitrogen and oxygen atoms in total. The van der Waals surface area contributed by atoms with Crippen molar-refractivity contribution in [3.63, 3.8) is 0 Å². The average Bonchev–Trinajstić information content (AvgIpc) is 3.45. The van der Waals surface area contributed by atoms with Gasteiger partial charge in [0.2, 0.25) is 0 Å². The van der Waals surface area contributed by atoms with Crippen LogP contribution in [0.3, 0.4) is 0 Å². The van der Waals surface area contributed by atoms with E-state index in [1.807, 2.05) is 32.0 Å². The summed E-state index contributed by atoms with van der Waals surface area (Å²) in [6, 6.07) is 14.3. The molecule has 0 aliphatic carbocycles. The Morgan fingerprint density at radius 1 is 0.968 bits per heavy atom. The Kier molecular flexibility index (Phi) is 4.25. The van der Waals surface area contributed by atoms with Gasteiger partial charge in [0.15, 0.2) is 0 Å². The largest absolute Gasteiger partial charge is 0.457 e. The molecule has 0 saturated carbocycles. The van der Waals surface area contributed by atoms with Gasteiger partial charge < -0.3 is 9.15 Å². The van der Waals surface area contributed by atoms with Gasteiger partial charge in [-0.3, -0.25) is 15.0 Å². The van der Waals surface area contributed by atoms with Gasteiger partial charge in [0.25, 0.3) is 11.8 Å². The van der Waals surface area contributed by atoms with Crippen LogP contribution in [0.15, 0.2) is 58.5 Å². The van der Waals surface area contributed by atoms with Crippen LogP contribution in [0, 0.1) is 13.8 Å². The minimum atomic E-state index is -0.491. The number of anilines is 1. The van der Waals surface area contributed by atoms with Crippen molar-refractivity contribution in [2.24, 2.45) is 0 Å². The second kappa shape index (κ2) is 6.98. The van der Waals surface area contributed by atoms with Crippen molar-refractivity contribution in [3.05, 3.63) is 82.1 Å². The topological polar surface area (TPSA) is 88.8 Å². The number of aryl methyl sites for hydroxylation is 2. The number of furan rings is 1. The number of carbonyl (C=O) groups is 3. The van der Waals surface area contributed by atoms with Crippen molar-refractivity contribution in [2.45, 2.75) is 20.5 Å². The van der Waals surface area contributed by atoms with Crippen LogP contribution in [0.5, 0.6) is 0 Å². The normalized spacial score (nSPS) is 16.6. The van der Waals surface area contributed by atoms with Crippen molar-refractivity contribution < 1.29 is 23.5 Å². The van der Waals surface area contributed by atoms with E-state index in [0.717, 1.165) is 22.3 Å². The van der Waals surface area contributed by atoms with Gasteiger partial charge in [-0.25, -0.2) is 9.80 Å². The lowest BCUT2D eigenvalue weighted by atomic mass is 10.0. The molecule has 3 heterocycles. The zero-order chi connectivity index (χ0) is 21.7. The van der Waals surface area contributed by atoms with E-state index < -0.39 is 11.8 Å². The zero-order valence-corrected chi connectivity index (χ0v) is 16.9. The number of amides is 2. The molecule has 2 aliphatic rings. The SMILES string of the molecule is Cc1ccc(N2NC(=O)C(=Cc3ccc(-c4ccc5c(c4)COC5=O)o3)C2=O)cc1C. The molecule has 7 heteroatoms. The molecule has 154 valence electrons. The van der Waals surface area contributed by atoms with Crippen LogP contribution >= 0.6 is 0 Å². The molecule has 31 heavy (non-hydrogen) atoms. The molecule has 1 aromatic heterocycles. The predicted octanol–water partition coefficient (Wildman–Crippen LogP) is 3.70. The molecule has 1 fully saturated rings. The summed E-state index contributed by atoms with van der Waals surface area (Å²) in [6.07, 6.45) is 1.43. The third kappa shape index (κ3) is 3.20. The van der Waals surface area contributed by atoms with Gasteiger partial charge in [0.05, 0.1) is 11.3 Å². The molecule has 0 bridgehead atoms. The summed E-state index contributed by atoms with van der Waals surface area (Å²) in [4.78, 5) is 36.9. The van der Waals surface area contributed by atoms with E-state index >= 15 is 0 Å². The maximum Gasteiger partial charge on any atom is 0.338 e. The van der Waals surface area contributed by atoms with Crippen LogP contribution in [0.25, 0.3) is 17.4 Å². The zero-order valence-electron chi connectivity index (χ0n) is 16.9. The maximum absolute atomic E-state index is 12.8. The van der Waals surface area contributed by atoms with Crippen LogP contribution in [0.1, 0.15) is 32.8 Å². The Hall–Kier alpha value is -4.13. The highest BCUT2D eigenvalue weighted by molar-refractivity contribution is 6.31. The second-order valence-corrected chi connectivity index (χ2v) is 7.56. The molecule has 0 atom stereocenters. The van der Waals surface area contributed by atoms with Gasteiger partial charge in [-0.05, 0) is 67.4 Å². The van der Waals surface area contributed by atoms with E-state index in [0.29, 0.717) is 22.8 Å². The van der Waals surface area contributed by atoms with E-state index in [4.69, 9.17) is 9.15 Å². The summed E-state index contributed by atoms with van der Waals surface area (Å²) < 4.78 is 10.9. The number of fused-ring (bicyclic) bond motifs is 1. The van der Waals surface area contributed by atoms with Crippen LogP contribution in [-0.4, -0.2) is 17.8 Å². The Labute approximate surface area is 177 Å². The Morgan fingerprint density at radius 3 is 2.61 bits per heavy atom. The molecule has 1 N–H and O–H groups in total. The molecular weight excluding hydrogens is 396 g/mol. The predicted molar refractivity (Wildman–Crippen MR) is 113 cm³/mol. The van der Waals surface area contributed by atoms with Crippen molar-refractivity contribution in [1.29, 1.82) is 0 Å². The number of hydrogen-bond acceptors (Lipinski definition) is 5. The van der Waals surface area contributed by atoms with E-state index in [-0.39, 0.29) is 18.1 Å². The maximum atomic E-state index is 12.8. The molecular formula is C24H18N2O5. The third-order valence-electron chi connectivity index (χ3n) is 5.52. The van der Waals surface area contributed by atoms with Gasteiger partial charge in [0.1, 0.15) is 23.7 Å². The summed E-state index contributed by atoms with van der Waals surface area (Å²) in [7, 11) is 0. The molecule has 5 rings (SSSR count). The Balaban J connectivity index is 1.42. The first-order valence-electron chi connectivity index (χ1n) is 9.75. The van der Waals surface area contributed by atoms with Gasteiger partial charge in [-0.15, -0.1) is 0 Å². The van der Waals surface area contributed by atoms with Crippen LogP contribution in [0.2, 0.25) is 0 Å².